The van der Waals surface area contributed by atoms with E-state index in [-0.39, 0.29) is 39.8 Å². The predicted molar refractivity (Wildman–Crippen MR) is 112 cm³/mol. The van der Waals surface area contributed by atoms with E-state index in [0.29, 0.717) is 18.7 Å². The number of allylic oxidation sites excluding steroid dienone is 1. The third-order valence-corrected chi connectivity index (χ3v) is 5.99. The molecule has 0 saturated heterocycles. The minimum Gasteiger partial charge on any atom is -0.479 e. The summed E-state index contributed by atoms with van der Waals surface area (Å²) in [5.74, 6) is -0.997. The van der Waals surface area contributed by atoms with E-state index in [2.05, 4.69) is 4.72 Å². The minimum absolute atomic E-state index is 0.0279. The van der Waals surface area contributed by atoms with Crippen LogP contribution in [0.1, 0.15) is 33.5 Å². The fraction of sp³-hybridized carbons (Fsp3) is 0.400. The Bertz CT molecular complexity index is 1070. The number of amides is 1. The molecule has 1 aromatic carbocycles. The zero-order valence-electron chi connectivity index (χ0n) is 17.4. The van der Waals surface area contributed by atoms with Crippen molar-refractivity contribution < 1.29 is 32.3 Å². The lowest BCUT2D eigenvalue weighted by Crippen LogP contribution is -2.28. The first kappa shape index (κ1) is 23.4. The van der Waals surface area contributed by atoms with E-state index in [1.165, 1.54) is 24.3 Å². The molecule has 2 rings (SSSR count). The lowest BCUT2D eigenvalue weighted by Gasteiger charge is -2.16. The smallest absolute Gasteiger partial charge is 0.341 e. The maximum absolute atomic E-state index is 12.6. The van der Waals surface area contributed by atoms with Crippen LogP contribution in [0, 0.1) is 0 Å². The van der Waals surface area contributed by atoms with Crippen LogP contribution >= 0.6 is 0 Å². The molecule has 0 atom stereocenters. The van der Waals surface area contributed by atoms with Crippen molar-refractivity contribution in [2.24, 2.45) is 0 Å². The highest BCUT2D eigenvalue weighted by atomic mass is 32.2. The van der Waals surface area contributed by atoms with Crippen molar-refractivity contribution >= 4 is 38.4 Å². The third kappa shape index (κ3) is 5.19. The van der Waals surface area contributed by atoms with E-state index in [1.807, 2.05) is 13.8 Å². The van der Waals surface area contributed by atoms with Gasteiger partial charge < -0.3 is 19.2 Å². The van der Waals surface area contributed by atoms with Crippen molar-refractivity contribution in [2.75, 3.05) is 26.2 Å². The van der Waals surface area contributed by atoms with Crippen LogP contribution in [0.5, 0.6) is 5.75 Å². The van der Waals surface area contributed by atoms with E-state index in [9.17, 15) is 18.0 Å². The number of fused-ring (bicyclic) bond motifs is 1. The summed E-state index contributed by atoms with van der Waals surface area (Å²) in [5, 5.41) is 9.11. The number of rotatable bonds is 10. The van der Waals surface area contributed by atoms with E-state index < -0.39 is 22.6 Å². The van der Waals surface area contributed by atoms with E-state index in [1.54, 1.807) is 18.7 Å². The van der Waals surface area contributed by atoms with Gasteiger partial charge in [-0.3, -0.25) is 4.79 Å². The highest BCUT2D eigenvalue weighted by Gasteiger charge is 2.23. The van der Waals surface area contributed by atoms with Crippen molar-refractivity contribution in [2.45, 2.75) is 32.6 Å². The van der Waals surface area contributed by atoms with Gasteiger partial charge >= 0.3 is 5.97 Å². The first-order valence-electron chi connectivity index (χ1n) is 9.52. The molecule has 1 heterocycles. The van der Waals surface area contributed by atoms with Gasteiger partial charge in [0.15, 0.2) is 17.9 Å². The van der Waals surface area contributed by atoms with Gasteiger partial charge in [-0.05, 0) is 44.5 Å². The Morgan fingerprint density at radius 3 is 2.47 bits per heavy atom. The maximum Gasteiger partial charge on any atom is 0.341 e. The summed E-state index contributed by atoms with van der Waals surface area (Å²) in [5.41, 5.74) is 0.590. The van der Waals surface area contributed by atoms with Gasteiger partial charge in [0.2, 0.25) is 15.9 Å². The number of hydrogen-bond acceptors (Lipinski definition) is 6. The molecular weight excluding hydrogens is 412 g/mol. The van der Waals surface area contributed by atoms with E-state index in [4.69, 9.17) is 14.3 Å². The number of hydrogen-bond donors (Lipinski definition) is 2. The monoisotopic (exact) mass is 438 g/mol. The summed E-state index contributed by atoms with van der Waals surface area (Å²) >= 11 is 0. The number of nitrogens with one attached hydrogen (secondary N) is 1. The molecule has 9 nitrogen and oxygen atoms in total. The largest absolute Gasteiger partial charge is 0.479 e. The number of likely N-dealkylation sites (N-methyl/N-ethyl adjacent to an activating group) is 1. The molecule has 0 bridgehead atoms. The van der Waals surface area contributed by atoms with Crippen LogP contribution in [0.15, 0.2) is 33.6 Å². The molecular formula is C20H26N2O7S. The first-order valence-corrected chi connectivity index (χ1v) is 11.0. The minimum atomic E-state index is -3.82. The lowest BCUT2D eigenvalue weighted by molar-refractivity contribution is -0.139. The predicted octanol–water partition coefficient (Wildman–Crippen LogP) is 2.47. The maximum atomic E-state index is 12.6. The molecule has 2 aromatic rings. The molecule has 1 aromatic heterocycles. The Morgan fingerprint density at radius 1 is 1.23 bits per heavy atom. The van der Waals surface area contributed by atoms with Crippen LogP contribution in [0.25, 0.3) is 16.5 Å². The van der Waals surface area contributed by atoms with Crippen LogP contribution in [0.3, 0.4) is 0 Å². The average Bonchev–Trinajstić information content (AvgIpc) is 3.12. The number of ether oxygens (including phenoxy) is 1. The van der Waals surface area contributed by atoms with Crippen LogP contribution in [0.2, 0.25) is 0 Å². The zero-order chi connectivity index (χ0) is 22.5. The second kappa shape index (κ2) is 9.77. The van der Waals surface area contributed by atoms with Crippen LogP contribution in [-0.4, -0.2) is 56.5 Å². The summed E-state index contributed by atoms with van der Waals surface area (Å²) in [6.07, 6.45) is 1.42. The van der Waals surface area contributed by atoms with Gasteiger partial charge in [0, 0.05) is 31.1 Å². The molecule has 0 fully saturated rings. The molecule has 0 spiro atoms. The Morgan fingerprint density at radius 2 is 1.90 bits per heavy atom. The zero-order valence-corrected chi connectivity index (χ0v) is 18.2. The van der Waals surface area contributed by atoms with Gasteiger partial charge in [0.1, 0.15) is 5.76 Å². The number of benzene rings is 1. The highest BCUT2D eigenvalue weighted by Crippen LogP contribution is 2.36. The summed E-state index contributed by atoms with van der Waals surface area (Å²) in [7, 11) is -3.82. The number of carboxylic acid groups (broad SMARTS) is 1. The van der Waals surface area contributed by atoms with Crippen molar-refractivity contribution in [3.05, 3.63) is 30.0 Å². The Labute approximate surface area is 175 Å². The van der Waals surface area contributed by atoms with Gasteiger partial charge in [-0.2, -0.15) is 0 Å². The quantitative estimate of drug-likeness (QED) is 0.546. The number of carboxylic acids is 1. The van der Waals surface area contributed by atoms with Gasteiger partial charge in [-0.1, -0.05) is 6.92 Å². The van der Waals surface area contributed by atoms with Gasteiger partial charge in [0.05, 0.1) is 4.90 Å². The molecule has 0 unspecified atom stereocenters. The Hall–Kier alpha value is -2.85. The second-order valence-corrected chi connectivity index (χ2v) is 8.17. The molecule has 0 aliphatic carbocycles. The molecule has 0 aliphatic rings. The van der Waals surface area contributed by atoms with Crippen molar-refractivity contribution in [1.29, 1.82) is 0 Å². The number of carbonyl (C=O) groups excluding carboxylic acids is 1. The Balaban J connectivity index is 2.61. The fourth-order valence-electron chi connectivity index (χ4n) is 2.91. The van der Waals surface area contributed by atoms with Crippen molar-refractivity contribution in [1.82, 2.24) is 9.62 Å². The van der Waals surface area contributed by atoms with E-state index in [0.717, 1.165) is 0 Å². The topological polar surface area (TPSA) is 126 Å². The summed E-state index contributed by atoms with van der Waals surface area (Å²) in [6.45, 7) is 7.77. The molecule has 1 amide bonds. The van der Waals surface area contributed by atoms with Gasteiger partial charge in [-0.15, -0.1) is 0 Å². The highest BCUT2D eigenvalue weighted by molar-refractivity contribution is 7.89. The van der Waals surface area contributed by atoms with Gasteiger partial charge in [-0.25, -0.2) is 17.9 Å². The molecule has 0 radical (unpaired) electrons. The van der Waals surface area contributed by atoms with Crippen LogP contribution in [-0.2, 0) is 19.6 Å². The summed E-state index contributed by atoms with van der Waals surface area (Å²) < 4.78 is 38.6. The first-order chi connectivity index (χ1) is 14.1. The summed E-state index contributed by atoms with van der Waals surface area (Å²) in [4.78, 5) is 24.8. The number of carbonyl (C=O) groups is 2. The van der Waals surface area contributed by atoms with Crippen LogP contribution < -0.4 is 9.46 Å². The molecule has 2 N–H and O–H groups in total. The number of sulfonamides is 1. The number of nitrogens with zero attached hydrogens (tertiary/aromatic N) is 1. The molecule has 0 aliphatic heterocycles. The fourth-order valence-corrected chi connectivity index (χ4v) is 4.13. The van der Waals surface area contributed by atoms with E-state index >= 15 is 0 Å². The average molecular weight is 439 g/mol. The third-order valence-electron chi connectivity index (χ3n) is 4.39. The van der Waals surface area contributed by atoms with Crippen molar-refractivity contribution in [3.63, 3.8) is 0 Å². The standard InChI is InChI=1S/C20H26N2O7S/c1-5-21-30(26,27)17-9-8-15(28-12-19(24)25)20-14(17)11-16(29-20)13(4)10-18(23)22(6-2)7-3/h8-11,21H,5-7,12H2,1-4H3,(H,24,25). The molecule has 0 saturated carbocycles. The second-order valence-electron chi connectivity index (χ2n) is 6.44. The normalized spacial score (nSPS) is 12.2. The molecule has 164 valence electrons. The SMILES string of the molecule is CCNS(=O)(=O)c1ccc(OCC(=O)O)c2oc(C(C)=CC(=O)N(CC)CC)cc12. The van der Waals surface area contributed by atoms with Crippen molar-refractivity contribution in [3.8, 4) is 5.75 Å². The summed E-state index contributed by atoms with van der Waals surface area (Å²) in [6, 6.07) is 4.19. The molecule has 10 heteroatoms. The Kier molecular flexibility index (Phi) is 7.63. The van der Waals surface area contributed by atoms with Gasteiger partial charge in [0.25, 0.3) is 0 Å². The number of aliphatic carboxylic acids is 1. The molecule has 30 heavy (non-hydrogen) atoms. The lowest BCUT2D eigenvalue weighted by atomic mass is 10.2. The van der Waals surface area contributed by atoms with Crippen LogP contribution in [0.4, 0.5) is 0 Å². The number of furan rings is 1.